The van der Waals surface area contributed by atoms with E-state index < -0.39 is 0 Å². The Bertz CT molecular complexity index is 409. The highest BCUT2D eigenvalue weighted by Crippen LogP contribution is 2.31. The molecule has 1 aromatic carbocycles. The number of rotatable bonds is 4. The van der Waals surface area contributed by atoms with Gasteiger partial charge in [-0.25, -0.2) is 0 Å². The van der Waals surface area contributed by atoms with E-state index in [1.54, 1.807) is 0 Å². The lowest BCUT2D eigenvalue weighted by Crippen LogP contribution is -2.25. The third kappa shape index (κ3) is 3.79. The van der Waals surface area contributed by atoms with E-state index in [9.17, 15) is 0 Å². The summed E-state index contributed by atoms with van der Waals surface area (Å²) < 4.78 is 0. The molecule has 3 heteroatoms. The van der Waals surface area contributed by atoms with Crippen LogP contribution < -0.4 is 10.2 Å². The molecule has 0 saturated heterocycles. The van der Waals surface area contributed by atoms with Gasteiger partial charge in [0.15, 0.2) is 0 Å². The summed E-state index contributed by atoms with van der Waals surface area (Å²) in [6.45, 7) is 2.30. The average Bonchev–Trinajstić information content (AvgIpc) is 2.39. The van der Waals surface area contributed by atoms with Crippen molar-refractivity contribution >= 4 is 23.0 Å². The van der Waals surface area contributed by atoms with Crippen LogP contribution in [0.2, 0.25) is 5.02 Å². The molecule has 2 nitrogen and oxygen atoms in total. The van der Waals surface area contributed by atoms with Gasteiger partial charge < -0.3 is 10.2 Å². The van der Waals surface area contributed by atoms with Crippen molar-refractivity contribution in [1.29, 1.82) is 0 Å². The van der Waals surface area contributed by atoms with Crippen molar-refractivity contribution in [2.75, 3.05) is 24.3 Å². The molecule has 1 aliphatic rings. The molecule has 0 bridgehead atoms. The molecule has 1 N–H and O–H groups in total. The van der Waals surface area contributed by atoms with Crippen LogP contribution in [0.15, 0.2) is 18.2 Å². The lowest BCUT2D eigenvalue weighted by atomic mass is 9.84. The molecule has 0 radical (unpaired) electrons. The molecule has 0 spiro atoms. The Morgan fingerprint density at radius 1 is 1.21 bits per heavy atom. The Labute approximate surface area is 122 Å². The average molecular weight is 281 g/mol. The molecule has 2 rings (SSSR count). The zero-order valence-electron chi connectivity index (χ0n) is 12.2. The molecule has 0 aromatic heterocycles. The Morgan fingerprint density at radius 3 is 2.42 bits per heavy atom. The van der Waals surface area contributed by atoms with Crippen LogP contribution in [0.3, 0.4) is 0 Å². The third-order valence-electron chi connectivity index (χ3n) is 4.22. The van der Waals surface area contributed by atoms with Gasteiger partial charge in [-0.2, -0.15) is 0 Å². The summed E-state index contributed by atoms with van der Waals surface area (Å²) in [6, 6.07) is 6.88. The molecule has 106 valence electrons. The van der Waals surface area contributed by atoms with E-state index in [0.29, 0.717) is 6.04 Å². The highest BCUT2D eigenvalue weighted by atomic mass is 35.5. The molecule has 0 heterocycles. The maximum Gasteiger partial charge on any atom is 0.0659 e. The van der Waals surface area contributed by atoms with Gasteiger partial charge in [0.25, 0.3) is 0 Å². The first-order chi connectivity index (χ1) is 9.10. The van der Waals surface area contributed by atoms with E-state index in [1.165, 1.54) is 32.1 Å². The molecule has 1 saturated carbocycles. The predicted molar refractivity (Wildman–Crippen MR) is 85.4 cm³/mol. The maximum absolute atomic E-state index is 6.31. The van der Waals surface area contributed by atoms with E-state index in [-0.39, 0.29) is 0 Å². The van der Waals surface area contributed by atoms with Crippen molar-refractivity contribution in [1.82, 2.24) is 0 Å². The molecular formula is C16H25ClN2. The predicted octanol–water partition coefficient (Wildman–Crippen LogP) is 4.79. The molecule has 0 atom stereocenters. The van der Waals surface area contributed by atoms with Gasteiger partial charge in [-0.05, 0) is 49.8 Å². The fourth-order valence-corrected chi connectivity index (χ4v) is 3.26. The second-order valence-corrected chi connectivity index (χ2v) is 6.24. The molecule has 19 heavy (non-hydrogen) atoms. The zero-order valence-corrected chi connectivity index (χ0v) is 13.0. The fourth-order valence-electron chi connectivity index (χ4n) is 2.91. The highest BCUT2D eigenvalue weighted by molar-refractivity contribution is 6.33. The number of nitrogens with one attached hydrogen (secondary N) is 1. The second-order valence-electron chi connectivity index (χ2n) is 5.83. The molecule has 0 amide bonds. The van der Waals surface area contributed by atoms with Crippen LogP contribution in [-0.4, -0.2) is 20.1 Å². The fraction of sp³-hybridized carbons (Fsp3) is 0.625. The Balaban J connectivity index is 1.95. The number of nitrogens with zero attached hydrogens (tertiary/aromatic N) is 1. The van der Waals surface area contributed by atoms with Crippen molar-refractivity contribution < 1.29 is 0 Å². The van der Waals surface area contributed by atoms with E-state index in [0.717, 1.165) is 22.3 Å². The molecule has 0 unspecified atom stereocenters. The van der Waals surface area contributed by atoms with Crippen LogP contribution in [0, 0.1) is 5.92 Å². The van der Waals surface area contributed by atoms with Crippen molar-refractivity contribution in [3.8, 4) is 0 Å². The van der Waals surface area contributed by atoms with Gasteiger partial charge in [0.2, 0.25) is 0 Å². The normalized spacial score (nSPS) is 23.2. The Hall–Kier alpha value is -0.890. The summed E-state index contributed by atoms with van der Waals surface area (Å²) in [5, 5.41) is 4.45. The minimum absolute atomic E-state index is 0.615. The lowest BCUT2D eigenvalue weighted by molar-refractivity contribution is 0.330. The van der Waals surface area contributed by atoms with Gasteiger partial charge in [0.05, 0.1) is 10.7 Å². The van der Waals surface area contributed by atoms with Crippen LogP contribution in [-0.2, 0) is 0 Å². The molecule has 1 aliphatic carbocycles. The second kappa shape index (κ2) is 6.51. The Morgan fingerprint density at radius 2 is 1.89 bits per heavy atom. The van der Waals surface area contributed by atoms with Crippen molar-refractivity contribution in [2.24, 2.45) is 5.92 Å². The van der Waals surface area contributed by atoms with Gasteiger partial charge >= 0.3 is 0 Å². The summed E-state index contributed by atoms with van der Waals surface area (Å²) in [7, 11) is 4.03. The van der Waals surface area contributed by atoms with Gasteiger partial charge in [-0.15, -0.1) is 0 Å². The lowest BCUT2D eigenvalue weighted by Gasteiger charge is -2.29. The SMILES string of the molecule is CCC1CCC(Nc2ccc(N(C)C)c(Cl)c2)CC1. The van der Waals surface area contributed by atoms with Crippen LogP contribution in [0.5, 0.6) is 0 Å². The van der Waals surface area contributed by atoms with E-state index in [4.69, 9.17) is 11.6 Å². The minimum atomic E-state index is 0.615. The number of anilines is 2. The first-order valence-electron chi connectivity index (χ1n) is 7.33. The van der Waals surface area contributed by atoms with Gasteiger partial charge in [-0.3, -0.25) is 0 Å². The van der Waals surface area contributed by atoms with Crippen LogP contribution >= 0.6 is 11.6 Å². The van der Waals surface area contributed by atoms with Crippen LogP contribution in [0.1, 0.15) is 39.0 Å². The number of benzene rings is 1. The molecule has 1 aromatic rings. The summed E-state index contributed by atoms with van der Waals surface area (Å²) in [5.74, 6) is 0.942. The van der Waals surface area contributed by atoms with Crippen molar-refractivity contribution in [3.63, 3.8) is 0 Å². The van der Waals surface area contributed by atoms with Crippen molar-refractivity contribution in [2.45, 2.75) is 45.1 Å². The van der Waals surface area contributed by atoms with Gasteiger partial charge in [0, 0.05) is 25.8 Å². The van der Waals surface area contributed by atoms with Gasteiger partial charge in [0.1, 0.15) is 0 Å². The Kier molecular flexibility index (Phi) is 4.98. The van der Waals surface area contributed by atoms with E-state index in [1.807, 2.05) is 25.1 Å². The molecule has 1 fully saturated rings. The zero-order chi connectivity index (χ0) is 13.8. The maximum atomic E-state index is 6.31. The largest absolute Gasteiger partial charge is 0.382 e. The summed E-state index contributed by atoms with van der Waals surface area (Å²) in [5.41, 5.74) is 2.22. The number of halogens is 1. The van der Waals surface area contributed by atoms with Gasteiger partial charge in [-0.1, -0.05) is 24.9 Å². The minimum Gasteiger partial charge on any atom is -0.382 e. The third-order valence-corrected chi connectivity index (χ3v) is 4.53. The van der Waals surface area contributed by atoms with Crippen LogP contribution in [0.25, 0.3) is 0 Å². The van der Waals surface area contributed by atoms with Crippen LogP contribution in [0.4, 0.5) is 11.4 Å². The van der Waals surface area contributed by atoms with Crippen molar-refractivity contribution in [3.05, 3.63) is 23.2 Å². The van der Waals surface area contributed by atoms with E-state index in [2.05, 4.69) is 24.4 Å². The summed E-state index contributed by atoms with van der Waals surface area (Å²) in [6.07, 6.45) is 6.61. The first-order valence-corrected chi connectivity index (χ1v) is 7.71. The molecular weight excluding hydrogens is 256 g/mol. The quantitative estimate of drug-likeness (QED) is 0.853. The number of hydrogen-bond donors (Lipinski definition) is 1. The van der Waals surface area contributed by atoms with E-state index >= 15 is 0 Å². The first kappa shape index (κ1) is 14.5. The standard InChI is InChI=1S/C16H25ClN2/c1-4-12-5-7-13(8-6-12)18-14-9-10-16(19(2)3)15(17)11-14/h9-13,18H,4-8H2,1-3H3. The smallest absolute Gasteiger partial charge is 0.0659 e. The monoisotopic (exact) mass is 280 g/mol. The highest BCUT2D eigenvalue weighted by Gasteiger charge is 2.19. The topological polar surface area (TPSA) is 15.3 Å². The number of hydrogen-bond acceptors (Lipinski definition) is 2. The summed E-state index contributed by atoms with van der Waals surface area (Å²) in [4.78, 5) is 2.04. The summed E-state index contributed by atoms with van der Waals surface area (Å²) >= 11 is 6.31. The molecule has 0 aliphatic heterocycles.